The van der Waals surface area contributed by atoms with Crippen molar-refractivity contribution >= 4 is 22.3 Å². The van der Waals surface area contributed by atoms with E-state index in [1.807, 2.05) is 23.6 Å². The molecule has 3 aromatic heterocycles. The van der Waals surface area contributed by atoms with Crippen LogP contribution in [0.25, 0.3) is 17.2 Å². The predicted molar refractivity (Wildman–Crippen MR) is 112 cm³/mol. The molecule has 0 bridgehead atoms. The van der Waals surface area contributed by atoms with Crippen molar-refractivity contribution in [2.24, 2.45) is 0 Å². The fourth-order valence-electron chi connectivity index (χ4n) is 3.84. The van der Waals surface area contributed by atoms with Crippen molar-refractivity contribution in [3.63, 3.8) is 0 Å². The highest BCUT2D eigenvalue weighted by molar-refractivity contribution is 7.83. The molecule has 5 rings (SSSR count). The van der Waals surface area contributed by atoms with Gasteiger partial charge in [0, 0.05) is 38.8 Å². The molecule has 0 radical (unpaired) electrons. The van der Waals surface area contributed by atoms with Crippen molar-refractivity contribution in [1.29, 1.82) is 0 Å². The zero-order valence-electron chi connectivity index (χ0n) is 17.2. The summed E-state index contributed by atoms with van der Waals surface area (Å²) in [5.41, 5.74) is 2.10. The Labute approximate surface area is 176 Å². The van der Waals surface area contributed by atoms with Gasteiger partial charge in [-0.1, -0.05) is 0 Å². The van der Waals surface area contributed by atoms with E-state index in [1.54, 1.807) is 13.1 Å². The van der Waals surface area contributed by atoms with Gasteiger partial charge in [-0.25, -0.2) is 13.9 Å². The first kappa shape index (κ1) is 19.6. The number of fused-ring (bicyclic) bond motifs is 1. The van der Waals surface area contributed by atoms with Gasteiger partial charge in [0.25, 0.3) is 5.89 Å². The van der Waals surface area contributed by atoms with E-state index in [4.69, 9.17) is 9.15 Å². The molecule has 2 saturated heterocycles. The molecule has 11 heteroatoms. The van der Waals surface area contributed by atoms with Crippen LogP contribution in [0.3, 0.4) is 0 Å². The van der Waals surface area contributed by atoms with Gasteiger partial charge < -0.3 is 19.4 Å². The van der Waals surface area contributed by atoms with Gasteiger partial charge in [0.2, 0.25) is 5.89 Å². The number of hydrogen-bond donors (Lipinski definition) is 2. The van der Waals surface area contributed by atoms with Crippen molar-refractivity contribution in [2.45, 2.75) is 37.2 Å². The van der Waals surface area contributed by atoms with Gasteiger partial charge in [0.05, 0.1) is 35.5 Å². The van der Waals surface area contributed by atoms with E-state index < -0.39 is 11.0 Å². The van der Waals surface area contributed by atoms with Crippen LogP contribution in [0.15, 0.2) is 27.8 Å². The van der Waals surface area contributed by atoms with E-state index in [0.29, 0.717) is 41.6 Å². The number of imidazole rings is 1. The third-order valence-corrected chi connectivity index (χ3v) is 6.74. The first-order valence-corrected chi connectivity index (χ1v) is 11.1. The average molecular weight is 432 g/mol. The molecule has 0 amide bonds. The van der Waals surface area contributed by atoms with Crippen LogP contribution in [-0.2, 0) is 15.7 Å². The summed E-state index contributed by atoms with van der Waals surface area (Å²) in [4.78, 5) is 7.58. The zero-order chi connectivity index (χ0) is 20.9. The fraction of sp³-hybridized carbons (Fsp3) is 0.526. The van der Waals surface area contributed by atoms with Crippen molar-refractivity contribution in [3.8, 4) is 11.6 Å². The monoisotopic (exact) mass is 431 g/mol. The van der Waals surface area contributed by atoms with E-state index in [9.17, 15) is 4.21 Å². The molecular formula is C19H25N7O3S. The molecular weight excluding hydrogens is 406 g/mol. The maximum Gasteiger partial charge on any atom is 0.266 e. The topological polar surface area (TPSA) is 110 Å². The minimum absolute atomic E-state index is 0.287. The van der Waals surface area contributed by atoms with Crippen LogP contribution in [0.4, 0.5) is 5.69 Å². The number of aromatic nitrogens is 4. The largest absolute Gasteiger partial charge is 0.420 e. The maximum absolute atomic E-state index is 13.2. The zero-order valence-corrected chi connectivity index (χ0v) is 18.0. The lowest BCUT2D eigenvalue weighted by Gasteiger charge is -2.38. The smallest absolute Gasteiger partial charge is 0.266 e. The molecule has 2 N–H and O–H groups in total. The summed E-state index contributed by atoms with van der Waals surface area (Å²) in [5.74, 6) is 0.866. The number of hydrogen-bond acceptors (Lipinski definition) is 8. The molecule has 0 aliphatic carbocycles. The van der Waals surface area contributed by atoms with Crippen LogP contribution in [0.1, 0.15) is 19.7 Å². The molecule has 160 valence electrons. The van der Waals surface area contributed by atoms with Gasteiger partial charge in [-0.05, 0) is 19.9 Å². The fourth-order valence-corrected chi connectivity index (χ4v) is 4.94. The summed E-state index contributed by atoms with van der Waals surface area (Å²) in [7, 11) is -1.41. The lowest BCUT2D eigenvalue weighted by molar-refractivity contribution is -0.0517. The summed E-state index contributed by atoms with van der Waals surface area (Å²) in [6.45, 7) is 9.56. The first-order valence-electron chi connectivity index (χ1n) is 9.99. The maximum atomic E-state index is 13.2. The van der Waals surface area contributed by atoms with Gasteiger partial charge in [-0.2, -0.15) is 0 Å². The minimum atomic E-state index is -1.41. The van der Waals surface area contributed by atoms with Crippen molar-refractivity contribution < 1.29 is 13.4 Å². The number of aryl methyl sites for hydroxylation is 1. The second kappa shape index (κ2) is 7.41. The molecule has 2 aliphatic rings. The van der Waals surface area contributed by atoms with Crippen molar-refractivity contribution in [3.05, 3.63) is 24.4 Å². The van der Waals surface area contributed by atoms with Crippen molar-refractivity contribution in [2.75, 3.05) is 37.7 Å². The molecule has 2 aliphatic heterocycles. The second-order valence-corrected chi connectivity index (χ2v) is 9.46. The Hall–Kier alpha value is -2.34. The summed E-state index contributed by atoms with van der Waals surface area (Å²) in [6, 6.07) is 2.32. The van der Waals surface area contributed by atoms with Crippen LogP contribution in [0.5, 0.6) is 0 Å². The van der Waals surface area contributed by atoms with E-state index in [0.717, 1.165) is 31.0 Å². The van der Waals surface area contributed by atoms with Gasteiger partial charge in [0.1, 0.15) is 16.7 Å². The highest BCUT2D eigenvalue weighted by atomic mass is 32.2. The third-order valence-electron chi connectivity index (χ3n) is 5.41. The number of rotatable bonds is 5. The van der Waals surface area contributed by atoms with E-state index >= 15 is 0 Å². The Balaban J connectivity index is 1.61. The van der Waals surface area contributed by atoms with Gasteiger partial charge in [-0.3, -0.25) is 4.40 Å². The lowest BCUT2D eigenvalue weighted by atomic mass is 10.0. The van der Waals surface area contributed by atoms with Crippen LogP contribution in [-0.4, -0.2) is 68.2 Å². The number of anilines is 1. The van der Waals surface area contributed by atoms with Crippen LogP contribution in [0, 0.1) is 6.92 Å². The number of pyridine rings is 1. The molecule has 2 atom stereocenters. The Morgan fingerprint density at radius 2 is 2.20 bits per heavy atom. The molecule has 2 unspecified atom stereocenters. The Morgan fingerprint density at radius 3 is 2.87 bits per heavy atom. The molecule has 5 heterocycles. The Morgan fingerprint density at radius 1 is 1.37 bits per heavy atom. The van der Waals surface area contributed by atoms with Gasteiger partial charge in [-0.15, -0.1) is 10.2 Å². The number of nitrogens with one attached hydrogen (secondary N) is 2. The standard InChI is InChI=1S/C19H25N7O3S/c1-12-8-25(5-4-20-12)15-6-14(30(27)24-19(3)10-28-11-19)9-26-16(7-21-17(15)26)18-23-22-13(2)29-18/h6-7,9,12,20,24H,4-5,8,10-11H2,1-3H3. The Bertz CT molecular complexity index is 1110. The summed E-state index contributed by atoms with van der Waals surface area (Å²) < 4.78 is 29.2. The number of piperazine rings is 1. The highest BCUT2D eigenvalue weighted by Crippen LogP contribution is 2.30. The van der Waals surface area contributed by atoms with Gasteiger partial charge in [0.15, 0.2) is 5.65 Å². The minimum Gasteiger partial charge on any atom is -0.420 e. The van der Waals surface area contributed by atoms with Crippen LogP contribution >= 0.6 is 0 Å². The molecule has 0 aromatic carbocycles. The highest BCUT2D eigenvalue weighted by Gasteiger charge is 2.35. The van der Waals surface area contributed by atoms with E-state index in [-0.39, 0.29) is 5.54 Å². The molecule has 10 nitrogen and oxygen atoms in total. The quantitative estimate of drug-likeness (QED) is 0.613. The normalized spacial score (nSPS) is 22.2. The van der Waals surface area contributed by atoms with E-state index in [1.165, 1.54) is 0 Å². The van der Waals surface area contributed by atoms with E-state index in [2.05, 4.69) is 37.0 Å². The van der Waals surface area contributed by atoms with Crippen LogP contribution < -0.4 is 14.9 Å². The number of ether oxygens (including phenoxy) is 1. The SMILES string of the molecule is Cc1nnc(-c2cnc3c(N4CCNC(C)C4)cc(S(=O)NC4(C)COC4)cn23)o1. The summed E-state index contributed by atoms with van der Waals surface area (Å²) in [6.07, 6.45) is 3.55. The first-order chi connectivity index (χ1) is 14.4. The second-order valence-electron chi connectivity index (χ2n) is 8.25. The molecule has 0 saturated carbocycles. The lowest BCUT2D eigenvalue weighted by Crippen LogP contribution is -2.58. The summed E-state index contributed by atoms with van der Waals surface area (Å²) in [5, 5.41) is 11.5. The molecule has 2 fully saturated rings. The van der Waals surface area contributed by atoms with Crippen molar-refractivity contribution in [1.82, 2.24) is 29.6 Å². The molecule has 3 aromatic rings. The predicted octanol–water partition coefficient (Wildman–Crippen LogP) is 0.892. The molecule has 0 spiro atoms. The van der Waals surface area contributed by atoms with Crippen LogP contribution in [0.2, 0.25) is 0 Å². The average Bonchev–Trinajstić information content (AvgIpc) is 3.31. The summed E-state index contributed by atoms with van der Waals surface area (Å²) >= 11 is 0. The third kappa shape index (κ3) is 3.51. The van der Waals surface area contributed by atoms with Gasteiger partial charge >= 0.3 is 0 Å². The number of nitrogens with zero attached hydrogens (tertiary/aromatic N) is 5. The molecule has 30 heavy (non-hydrogen) atoms. The Kier molecular flexibility index (Phi) is 4.85.